The molecule has 1 N–H and O–H groups in total. The van der Waals surface area contributed by atoms with Gasteiger partial charge in [-0.05, 0) is 20.8 Å². The molecule has 1 saturated heterocycles. The molecule has 0 saturated carbocycles. The second-order valence-electron chi connectivity index (χ2n) is 6.18. The van der Waals surface area contributed by atoms with Crippen LogP contribution in [0.5, 0.6) is 0 Å². The van der Waals surface area contributed by atoms with E-state index in [2.05, 4.69) is 16.7 Å². The number of ether oxygens (including phenoxy) is 1. The van der Waals surface area contributed by atoms with Gasteiger partial charge >= 0.3 is 5.97 Å². The summed E-state index contributed by atoms with van der Waals surface area (Å²) in [5, 5.41) is 9.82. The van der Waals surface area contributed by atoms with E-state index in [0.29, 0.717) is 6.54 Å². The van der Waals surface area contributed by atoms with E-state index in [4.69, 9.17) is 4.74 Å². The molecule has 5 nitrogen and oxygen atoms in total. The Morgan fingerprint density at radius 2 is 1.79 bits per heavy atom. The van der Waals surface area contributed by atoms with Crippen molar-refractivity contribution in [1.29, 1.82) is 0 Å². The number of nitrogens with zero attached hydrogens (tertiary/aromatic N) is 2. The average Bonchev–Trinajstić information content (AvgIpc) is 2.35. The van der Waals surface area contributed by atoms with E-state index in [-0.39, 0.29) is 17.9 Å². The first-order valence-electron chi connectivity index (χ1n) is 7.01. The summed E-state index contributed by atoms with van der Waals surface area (Å²) in [6.07, 6.45) is 0. The first-order valence-corrected chi connectivity index (χ1v) is 7.01. The second-order valence-corrected chi connectivity index (χ2v) is 6.18. The highest BCUT2D eigenvalue weighted by atomic mass is 16.5. The molecule has 1 heterocycles. The van der Waals surface area contributed by atoms with E-state index >= 15 is 0 Å². The topological polar surface area (TPSA) is 53.0 Å². The van der Waals surface area contributed by atoms with Crippen LogP contribution in [0, 0.1) is 5.92 Å². The normalized spacial score (nSPS) is 22.0. The molecular formula is C14H28N2O3. The molecule has 2 atom stereocenters. The van der Waals surface area contributed by atoms with Gasteiger partial charge in [-0.2, -0.15) is 0 Å². The number of hydrogen-bond acceptors (Lipinski definition) is 5. The standard InChI is InChI=1S/C14H28N2O3/c1-11(13(17)19-5)12(2)16-8-6-15(7-9-16)10-14(3,4)18/h11-12,18H,6-10H2,1-5H3. The Labute approximate surface area is 116 Å². The molecule has 0 aliphatic carbocycles. The number of methoxy groups -OCH3 is 1. The average molecular weight is 272 g/mol. The third-order valence-corrected chi connectivity index (χ3v) is 3.89. The van der Waals surface area contributed by atoms with Gasteiger partial charge in [-0.15, -0.1) is 0 Å². The smallest absolute Gasteiger partial charge is 0.309 e. The third kappa shape index (κ3) is 5.09. The number of rotatable bonds is 5. The van der Waals surface area contributed by atoms with Gasteiger partial charge < -0.3 is 9.84 Å². The molecule has 1 rings (SSSR count). The second kappa shape index (κ2) is 6.68. The van der Waals surface area contributed by atoms with Crippen LogP contribution in [-0.2, 0) is 9.53 Å². The minimum absolute atomic E-state index is 0.106. The van der Waals surface area contributed by atoms with Crippen LogP contribution < -0.4 is 0 Å². The van der Waals surface area contributed by atoms with Crippen LogP contribution in [0.2, 0.25) is 0 Å². The molecule has 2 unspecified atom stereocenters. The molecular weight excluding hydrogens is 244 g/mol. The number of esters is 1. The fourth-order valence-corrected chi connectivity index (χ4v) is 2.57. The molecule has 0 radical (unpaired) electrons. The van der Waals surface area contributed by atoms with E-state index in [1.807, 2.05) is 20.8 Å². The van der Waals surface area contributed by atoms with Crippen molar-refractivity contribution in [3.63, 3.8) is 0 Å². The maximum Gasteiger partial charge on any atom is 0.309 e. The molecule has 0 amide bonds. The fourth-order valence-electron chi connectivity index (χ4n) is 2.57. The summed E-state index contributed by atoms with van der Waals surface area (Å²) >= 11 is 0. The van der Waals surface area contributed by atoms with Gasteiger partial charge in [-0.1, -0.05) is 6.92 Å². The van der Waals surface area contributed by atoms with Crippen LogP contribution in [0.3, 0.4) is 0 Å². The van der Waals surface area contributed by atoms with Crippen LogP contribution in [0.1, 0.15) is 27.7 Å². The lowest BCUT2D eigenvalue weighted by molar-refractivity contribution is -0.147. The van der Waals surface area contributed by atoms with Gasteiger partial charge in [0.25, 0.3) is 0 Å². The van der Waals surface area contributed by atoms with E-state index in [9.17, 15) is 9.90 Å². The molecule has 1 aliphatic heterocycles. The van der Waals surface area contributed by atoms with Gasteiger partial charge in [-0.3, -0.25) is 14.6 Å². The zero-order valence-corrected chi connectivity index (χ0v) is 12.8. The lowest BCUT2D eigenvalue weighted by atomic mass is 10.0. The molecule has 0 aromatic carbocycles. The van der Waals surface area contributed by atoms with Gasteiger partial charge in [0.1, 0.15) is 0 Å². The number of β-amino-alcohol motifs (C(OH)–C–C–N with tert-alkyl or cyclic N) is 1. The molecule has 0 aromatic heterocycles. The number of aliphatic hydroxyl groups is 1. The number of hydrogen-bond donors (Lipinski definition) is 1. The summed E-state index contributed by atoms with van der Waals surface area (Å²) in [6.45, 7) is 12.1. The van der Waals surface area contributed by atoms with Gasteiger partial charge in [-0.25, -0.2) is 0 Å². The van der Waals surface area contributed by atoms with Crippen LogP contribution in [0.4, 0.5) is 0 Å². The van der Waals surface area contributed by atoms with Crippen molar-refractivity contribution in [3.05, 3.63) is 0 Å². The van der Waals surface area contributed by atoms with Gasteiger partial charge in [0.05, 0.1) is 18.6 Å². The maximum absolute atomic E-state index is 11.6. The molecule has 0 aromatic rings. The maximum atomic E-state index is 11.6. The lowest BCUT2D eigenvalue weighted by Crippen LogP contribution is -2.54. The van der Waals surface area contributed by atoms with Gasteiger partial charge in [0.15, 0.2) is 0 Å². The monoisotopic (exact) mass is 272 g/mol. The molecule has 19 heavy (non-hydrogen) atoms. The summed E-state index contributed by atoms with van der Waals surface area (Å²) in [5.74, 6) is -0.253. The number of carbonyl (C=O) groups excluding carboxylic acids is 1. The Morgan fingerprint density at radius 1 is 1.26 bits per heavy atom. The zero-order chi connectivity index (χ0) is 14.6. The zero-order valence-electron chi connectivity index (χ0n) is 12.8. The first-order chi connectivity index (χ1) is 8.74. The lowest BCUT2D eigenvalue weighted by Gasteiger charge is -2.41. The van der Waals surface area contributed by atoms with Crippen LogP contribution in [0.25, 0.3) is 0 Å². The van der Waals surface area contributed by atoms with Crippen molar-refractivity contribution < 1.29 is 14.6 Å². The highest BCUT2D eigenvalue weighted by Crippen LogP contribution is 2.16. The van der Waals surface area contributed by atoms with Crippen molar-refractivity contribution in [2.24, 2.45) is 5.92 Å². The third-order valence-electron chi connectivity index (χ3n) is 3.89. The number of piperazine rings is 1. The molecule has 0 spiro atoms. The summed E-state index contributed by atoms with van der Waals surface area (Å²) in [5.41, 5.74) is -0.646. The van der Waals surface area contributed by atoms with E-state index in [1.54, 1.807) is 0 Å². The van der Waals surface area contributed by atoms with Crippen LogP contribution in [0.15, 0.2) is 0 Å². The Bertz CT molecular complexity index is 294. The van der Waals surface area contributed by atoms with Crippen LogP contribution in [-0.4, -0.2) is 72.4 Å². The minimum atomic E-state index is -0.646. The van der Waals surface area contributed by atoms with Crippen LogP contribution >= 0.6 is 0 Å². The summed E-state index contributed by atoms with van der Waals surface area (Å²) in [6, 6.07) is 0.191. The van der Waals surface area contributed by atoms with Crippen molar-refractivity contribution >= 4 is 5.97 Å². The molecule has 5 heteroatoms. The van der Waals surface area contributed by atoms with Crippen molar-refractivity contribution in [2.45, 2.75) is 39.3 Å². The van der Waals surface area contributed by atoms with Crippen molar-refractivity contribution in [1.82, 2.24) is 9.80 Å². The quantitative estimate of drug-likeness (QED) is 0.742. The molecule has 0 bridgehead atoms. The Hall–Kier alpha value is -0.650. The van der Waals surface area contributed by atoms with E-state index < -0.39 is 5.60 Å². The highest BCUT2D eigenvalue weighted by molar-refractivity contribution is 5.72. The fraction of sp³-hybridized carbons (Fsp3) is 0.929. The van der Waals surface area contributed by atoms with Crippen molar-refractivity contribution in [3.8, 4) is 0 Å². The predicted octanol–water partition coefficient (Wildman–Crippen LogP) is 0.573. The summed E-state index contributed by atoms with van der Waals surface area (Å²) in [7, 11) is 1.44. The van der Waals surface area contributed by atoms with Gasteiger partial charge in [0.2, 0.25) is 0 Å². The van der Waals surface area contributed by atoms with Crippen molar-refractivity contribution in [2.75, 3.05) is 39.8 Å². The highest BCUT2D eigenvalue weighted by Gasteiger charge is 2.30. The van der Waals surface area contributed by atoms with Gasteiger partial charge in [0, 0.05) is 38.8 Å². The molecule has 1 fully saturated rings. The minimum Gasteiger partial charge on any atom is -0.469 e. The summed E-state index contributed by atoms with van der Waals surface area (Å²) < 4.78 is 4.80. The number of carbonyl (C=O) groups is 1. The predicted molar refractivity (Wildman–Crippen MR) is 75.0 cm³/mol. The Kier molecular flexibility index (Phi) is 5.77. The SMILES string of the molecule is COC(=O)C(C)C(C)N1CCN(CC(C)(C)O)CC1. The Morgan fingerprint density at radius 3 is 2.21 bits per heavy atom. The molecule has 1 aliphatic rings. The first kappa shape index (κ1) is 16.4. The van der Waals surface area contributed by atoms with E-state index in [1.165, 1.54) is 7.11 Å². The van der Waals surface area contributed by atoms with E-state index in [0.717, 1.165) is 26.2 Å². The summed E-state index contributed by atoms with van der Waals surface area (Å²) in [4.78, 5) is 16.1. The Balaban J connectivity index is 2.43. The molecule has 112 valence electrons. The largest absolute Gasteiger partial charge is 0.469 e.